The number of hydrogen-bond donors (Lipinski definition) is 2. The Balaban J connectivity index is 2.26. The lowest BCUT2D eigenvalue weighted by molar-refractivity contribution is -0.384. The molecule has 2 rings (SSSR count). The molecule has 3 atom stereocenters. The van der Waals surface area contributed by atoms with Gasteiger partial charge in [0.2, 0.25) is 0 Å². The Labute approximate surface area is 154 Å². The molecule has 0 aromatic heterocycles. The van der Waals surface area contributed by atoms with Crippen LogP contribution in [0.5, 0.6) is 0 Å². The van der Waals surface area contributed by atoms with Gasteiger partial charge in [0.05, 0.1) is 11.0 Å². The zero-order chi connectivity index (χ0) is 18.4. The van der Waals surface area contributed by atoms with Crippen molar-refractivity contribution in [3.05, 3.63) is 39.9 Å². The molecule has 1 aromatic rings. The molecule has 1 fully saturated rings. The lowest BCUT2D eigenvalue weighted by Crippen LogP contribution is -2.43. The number of nitrogens with zero attached hydrogens (tertiary/aromatic N) is 2. The van der Waals surface area contributed by atoms with Crippen LogP contribution in [0.3, 0.4) is 0 Å². The van der Waals surface area contributed by atoms with Crippen LogP contribution in [0.15, 0.2) is 24.3 Å². The number of nitrogens with one attached hydrogen (secondary N) is 1. The third kappa shape index (κ3) is 5.12. The van der Waals surface area contributed by atoms with Crippen molar-refractivity contribution in [1.82, 2.24) is 9.76 Å². The molecule has 0 spiro atoms. The van der Waals surface area contributed by atoms with Crippen molar-refractivity contribution in [3.63, 3.8) is 0 Å². The van der Waals surface area contributed by atoms with E-state index in [4.69, 9.17) is 33.0 Å². The second-order valence-corrected chi connectivity index (χ2v) is 8.09. The largest absolute Gasteiger partial charge is 0.346 e. The van der Waals surface area contributed by atoms with E-state index in [0.717, 1.165) is 0 Å². The Morgan fingerprint density at radius 3 is 2.44 bits per heavy atom. The lowest BCUT2D eigenvalue weighted by atomic mass is 10.1. The van der Waals surface area contributed by atoms with Crippen LogP contribution in [-0.4, -0.2) is 45.9 Å². The maximum absolute atomic E-state index is 13.2. The van der Waals surface area contributed by atoms with Crippen molar-refractivity contribution in [1.29, 1.82) is 0 Å². The molecule has 0 amide bonds. The lowest BCUT2D eigenvalue weighted by Gasteiger charge is -2.39. The van der Waals surface area contributed by atoms with Crippen LogP contribution >= 0.6 is 30.9 Å². The summed E-state index contributed by atoms with van der Waals surface area (Å²) in [7, 11) is -3.59. The normalized spacial score (nSPS) is 26.7. The van der Waals surface area contributed by atoms with Gasteiger partial charge in [-0.1, -0.05) is 0 Å². The van der Waals surface area contributed by atoms with E-state index in [9.17, 15) is 14.7 Å². The highest BCUT2D eigenvalue weighted by molar-refractivity contribution is 7.54. The first-order valence-corrected chi connectivity index (χ1v) is 10.1. The van der Waals surface area contributed by atoms with Gasteiger partial charge in [-0.2, -0.15) is 0 Å². The van der Waals surface area contributed by atoms with Crippen molar-refractivity contribution in [2.24, 2.45) is 0 Å². The second kappa shape index (κ2) is 9.25. The molecule has 1 heterocycles. The fraction of sp³-hybridized carbons (Fsp3) is 0.538. The van der Waals surface area contributed by atoms with E-state index in [1.807, 2.05) is 0 Å². The fourth-order valence-electron chi connectivity index (χ4n) is 2.47. The van der Waals surface area contributed by atoms with E-state index < -0.39 is 24.9 Å². The molecule has 25 heavy (non-hydrogen) atoms. The minimum absolute atomic E-state index is 0.0678. The number of nitro benzene ring substituents is 1. The Morgan fingerprint density at radius 1 is 1.36 bits per heavy atom. The minimum Gasteiger partial charge on any atom is -0.298 e. The number of hydrogen-bond acceptors (Lipinski definition) is 6. The molecule has 0 unspecified atom stereocenters. The Hall–Kier alpha value is -0.770. The van der Waals surface area contributed by atoms with Gasteiger partial charge in [0, 0.05) is 43.4 Å². The summed E-state index contributed by atoms with van der Waals surface area (Å²) in [6.45, 7) is 0.507. The van der Waals surface area contributed by atoms with Gasteiger partial charge in [0.1, 0.15) is 0 Å². The second-order valence-electron chi connectivity index (χ2n) is 5.25. The quantitative estimate of drug-likeness (QED) is 0.219. The van der Waals surface area contributed by atoms with E-state index in [2.05, 4.69) is 9.97 Å². The van der Waals surface area contributed by atoms with Crippen molar-refractivity contribution in [3.8, 4) is 0 Å². The maximum Gasteiger partial charge on any atom is 0.346 e. The van der Waals surface area contributed by atoms with E-state index in [1.54, 1.807) is 0 Å². The van der Waals surface area contributed by atoms with E-state index in [1.165, 1.54) is 28.9 Å². The Morgan fingerprint density at radius 2 is 1.96 bits per heavy atom. The molecule has 1 aromatic carbocycles. The van der Waals surface area contributed by atoms with Gasteiger partial charge in [-0.3, -0.25) is 24.5 Å². The van der Waals surface area contributed by atoms with Gasteiger partial charge in [-0.25, -0.2) is 14.6 Å². The van der Waals surface area contributed by atoms with E-state index in [0.29, 0.717) is 5.56 Å². The van der Waals surface area contributed by atoms with Crippen LogP contribution in [0.2, 0.25) is 0 Å². The predicted octanol–water partition coefficient (Wildman–Crippen LogP) is 3.35. The van der Waals surface area contributed by atoms with Crippen LogP contribution < -0.4 is 5.09 Å². The van der Waals surface area contributed by atoms with Crippen LogP contribution in [0.4, 0.5) is 5.69 Å². The standard InChI is InChI=1S/C13H18Cl2N3O6P/c14-5-7-17(8-6-15)25(22)16-13(23-21)9-12(24-25)10-1-3-11(4-2-10)18(19)20/h1-4,12-13,21H,5-9H2,(H,16,22)/t12-,13+,25+/m0/s1. The Bertz CT molecular complexity index is 629. The van der Waals surface area contributed by atoms with E-state index in [-0.39, 0.29) is 37.0 Å². The molecule has 1 aliphatic rings. The summed E-state index contributed by atoms with van der Waals surface area (Å²) in [5.74, 6) is 0.414. The number of alkyl halides is 2. The minimum atomic E-state index is -3.59. The molecular formula is C13H18Cl2N3O6P. The zero-order valence-electron chi connectivity index (χ0n) is 13.1. The third-order valence-electron chi connectivity index (χ3n) is 3.67. The smallest absolute Gasteiger partial charge is 0.298 e. The molecule has 0 aliphatic carbocycles. The van der Waals surface area contributed by atoms with Crippen molar-refractivity contribution in [2.45, 2.75) is 18.8 Å². The van der Waals surface area contributed by atoms with Gasteiger partial charge in [-0.05, 0) is 17.7 Å². The third-order valence-corrected chi connectivity index (χ3v) is 6.30. The monoisotopic (exact) mass is 413 g/mol. The summed E-state index contributed by atoms with van der Waals surface area (Å²) in [4.78, 5) is 14.6. The van der Waals surface area contributed by atoms with Crippen molar-refractivity contribution >= 4 is 36.6 Å². The first-order valence-electron chi connectivity index (χ1n) is 7.41. The molecule has 0 radical (unpaired) electrons. The first kappa shape index (κ1) is 20.5. The molecule has 140 valence electrons. The molecule has 1 aliphatic heterocycles. The molecule has 12 heteroatoms. The summed E-state index contributed by atoms with van der Waals surface area (Å²) < 4.78 is 20.4. The molecule has 2 N–H and O–H groups in total. The van der Waals surface area contributed by atoms with Crippen LogP contribution in [-0.2, 0) is 14.0 Å². The topological polar surface area (TPSA) is 114 Å². The number of benzene rings is 1. The van der Waals surface area contributed by atoms with Gasteiger partial charge in [0.15, 0.2) is 6.23 Å². The molecule has 9 nitrogen and oxygen atoms in total. The molecule has 0 saturated carbocycles. The first-order chi connectivity index (χ1) is 11.9. The fourth-order valence-corrected chi connectivity index (χ4v) is 5.26. The highest BCUT2D eigenvalue weighted by Crippen LogP contribution is 2.55. The van der Waals surface area contributed by atoms with Crippen LogP contribution in [0.25, 0.3) is 0 Å². The van der Waals surface area contributed by atoms with Gasteiger partial charge in [0.25, 0.3) is 5.69 Å². The van der Waals surface area contributed by atoms with Crippen molar-refractivity contribution < 1.29 is 24.2 Å². The average molecular weight is 414 g/mol. The predicted molar refractivity (Wildman–Crippen MR) is 92.8 cm³/mol. The summed E-state index contributed by atoms with van der Waals surface area (Å²) in [6, 6.07) is 5.69. The summed E-state index contributed by atoms with van der Waals surface area (Å²) in [5.41, 5.74) is 0.507. The van der Waals surface area contributed by atoms with Crippen molar-refractivity contribution in [2.75, 3.05) is 24.8 Å². The summed E-state index contributed by atoms with van der Waals surface area (Å²) in [5, 5.41) is 22.4. The number of non-ortho nitro benzene ring substituents is 1. The molecule has 0 bridgehead atoms. The number of rotatable bonds is 8. The maximum atomic E-state index is 13.2. The highest BCUT2D eigenvalue weighted by atomic mass is 35.5. The van der Waals surface area contributed by atoms with Gasteiger partial charge < -0.3 is 0 Å². The average Bonchev–Trinajstić information content (AvgIpc) is 2.61. The van der Waals surface area contributed by atoms with Crippen LogP contribution in [0.1, 0.15) is 18.1 Å². The van der Waals surface area contributed by atoms with E-state index >= 15 is 0 Å². The zero-order valence-corrected chi connectivity index (χ0v) is 15.5. The van der Waals surface area contributed by atoms with Crippen LogP contribution in [0, 0.1) is 10.1 Å². The van der Waals surface area contributed by atoms with Gasteiger partial charge >= 0.3 is 7.67 Å². The number of halogens is 2. The molecule has 1 saturated heterocycles. The highest BCUT2D eigenvalue weighted by Gasteiger charge is 2.42. The summed E-state index contributed by atoms with van der Waals surface area (Å²) in [6.07, 6.45) is -1.47. The Kier molecular flexibility index (Phi) is 7.60. The van der Waals surface area contributed by atoms with Gasteiger partial charge in [-0.15, -0.1) is 23.2 Å². The SMILES string of the molecule is O=[N+]([O-])c1ccc([C@@H]2C[C@@H](OO)N[P@](=O)(N(CCCl)CCCl)O2)cc1. The molecular weight excluding hydrogens is 396 g/mol. The summed E-state index contributed by atoms with van der Waals surface area (Å²) >= 11 is 11.5. The number of nitro groups is 1.